The number of hydrogen-bond acceptors (Lipinski definition) is 4. The molecule has 0 atom stereocenters. The maximum absolute atomic E-state index is 11.9. The normalized spacial score (nSPS) is 11.2. The van der Waals surface area contributed by atoms with Crippen molar-refractivity contribution in [1.29, 1.82) is 0 Å². The van der Waals surface area contributed by atoms with Crippen LogP contribution in [-0.4, -0.2) is 23.3 Å². The summed E-state index contributed by atoms with van der Waals surface area (Å²) in [5, 5.41) is 13.5. The highest BCUT2D eigenvalue weighted by atomic mass is 16.5. The number of phenols is 1. The molecule has 0 fully saturated rings. The number of aryl methyl sites for hydroxylation is 1. The molecule has 0 aromatic heterocycles. The van der Waals surface area contributed by atoms with Crippen LogP contribution in [0.4, 0.5) is 0 Å². The molecule has 2 rings (SSSR count). The van der Waals surface area contributed by atoms with Gasteiger partial charge >= 0.3 is 0 Å². The minimum absolute atomic E-state index is 0.0957. The van der Waals surface area contributed by atoms with Crippen molar-refractivity contribution in [3.05, 3.63) is 59.7 Å². The second-order valence-electron chi connectivity index (χ2n) is 5.28. The largest absolute Gasteiger partial charge is 0.508 e. The van der Waals surface area contributed by atoms with E-state index in [1.807, 2.05) is 31.2 Å². The number of nitrogens with one attached hydrogen (secondary N) is 1. The molecule has 2 N–H and O–H groups in total. The molecule has 0 radical (unpaired) electrons. The molecule has 5 nitrogen and oxygen atoms in total. The topological polar surface area (TPSA) is 70.9 Å². The van der Waals surface area contributed by atoms with Gasteiger partial charge < -0.3 is 9.84 Å². The van der Waals surface area contributed by atoms with Crippen LogP contribution in [0.15, 0.2) is 53.6 Å². The number of ether oxygens (including phenoxy) is 1. The van der Waals surface area contributed by atoms with E-state index in [-0.39, 0.29) is 18.3 Å². The van der Waals surface area contributed by atoms with Crippen molar-refractivity contribution in [2.75, 3.05) is 6.61 Å². The number of hydrazone groups is 1. The lowest BCUT2D eigenvalue weighted by atomic mass is 10.1. The van der Waals surface area contributed by atoms with Crippen molar-refractivity contribution in [2.45, 2.75) is 26.7 Å². The molecule has 0 saturated heterocycles. The monoisotopic (exact) mass is 326 g/mol. The quantitative estimate of drug-likeness (QED) is 0.606. The number of hydrogen-bond donors (Lipinski definition) is 2. The lowest BCUT2D eigenvalue weighted by Crippen LogP contribution is -2.26. The van der Waals surface area contributed by atoms with E-state index in [0.717, 1.165) is 17.7 Å². The number of amides is 1. The van der Waals surface area contributed by atoms with Crippen LogP contribution >= 0.6 is 0 Å². The van der Waals surface area contributed by atoms with Gasteiger partial charge in [0, 0.05) is 0 Å². The first-order valence-electron chi connectivity index (χ1n) is 7.99. The van der Waals surface area contributed by atoms with Crippen LogP contribution in [0.3, 0.4) is 0 Å². The molecule has 1 amide bonds. The first-order chi connectivity index (χ1) is 11.6. The number of phenolic OH excluding ortho intramolecular Hbond substituents is 1. The Morgan fingerprint density at radius 3 is 2.33 bits per heavy atom. The fraction of sp³-hybridized carbons (Fsp3) is 0.263. The molecular weight excluding hydrogens is 304 g/mol. The van der Waals surface area contributed by atoms with Crippen molar-refractivity contribution >= 4 is 11.6 Å². The summed E-state index contributed by atoms with van der Waals surface area (Å²) in [4.78, 5) is 11.9. The molecule has 0 aliphatic heterocycles. The molecule has 126 valence electrons. The van der Waals surface area contributed by atoms with Crippen molar-refractivity contribution in [2.24, 2.45) is 5.10 Å². The summed E-state index contributed by atoms with van der Waals surface area (Å²) >= 11 is 0. The van der Waals surface area contributed by atoms with E-state index >= 15 is 0 Å². The Balaban J connectivity index is 1.89. The fourth-order valence-corrected chi connectivity index (χ4v) is 2.13. The molecule has 5 heteroatoms. The van der Waals surface area contributed by atoms with E-state index in [2.05, 4.69) is 17.5 Å². The van der Waals surface area contributed by atoms with Crippen LogP contribution in [0.2, 0.25) is 0 Å². The predicted octanol–water partition coefficient (Wildman–Crippen LogP) is 3.26. The maximum atomic E-state index is 11.9. The zero-order chi connectivity index (χ0) is 17.4. The van der Waals surface area contributed by atoms with Gasteiger partial charge in [-0.3, -0.25) is 4.79 Å². The molecule has 24 heavy (non-hydrogen) atoms. The fourth-order valence-electron chi connectivity index (χ4n) is 2.13. The summed E-state index contributed by atoms with van der Waals surface area (Å²) in [5.41, 5.74) is 5.31. The minimum atomic E-state index is -0.320. The highest BCUT2D eigenvalue weighted by Crippen LogP contribution is 2.13. The third-order valence-electron chi connectivity index (χ3n) is 3.55. The zero-order valence-electron chi connectivity index (χ0n) is 14.0. The van der Waals surface area contributed by atoms with Crippen molar-refractivity contribution in [3.63, 3.8) is 0 Å². The second-order valence-corrected chi connectivity index (χ2v) is 5.28. The smallest absolute Gasteiger partial charge is 0.277 e. The first-order valence-corrected chi connectivity index (χ1v) is 7.99. The Bertz CT molecular complexity index is 692. The van der Waals surface area contributed by atoms with Gasteiger partial charge in [-0.25, -0.2) is 5.43 Å². The highest BCUT2D eigenvalue weighted by molar-refractivity contribution is 6.01. The number of aromatic hydroxyl groups is 1. The number of rotatable bonds is 7. The number of carbonyl (C=O) groups excluding carboxylic acids is 1. The molecule has 2 aromatic carbocycles. The molecule has 0 heterocycles. The molecule has 2 aromatic rings. The summed E-state index contributed by atoms with van der Waals surface area (Å²) in [6.45, 7) is 3.94. The number of carbonyl (C=O) groups is 1. The third-order valence-corrected chi connectivity index (χ3v) is 3.55. The van der Waals surface area contributed by atoms with Crippen molar-refractivity contribution < 1.29 is 14.6 Å². The minimum Gasteiger partial charge on any atom is -0.508 e. The van der Waals surface area contributed by atoms with Gasteiger partial charge in [0.05, 0.1) is 5.71 Å². The molecule has 0 aliphatic carbocycles. The Labute approximate surface area is 142 Å². The first kappa shape index (κ1) is 17.5. The van der Waals surface area contributed by atoms with Gasteiger partial charge in [0.1, 0.15) is 11.5 Å². The van der Waals surface area contributed by atoms with Crippen molar-refractivity contribution in [3.8, 4) is 11.5 Å². The van der Waals surface area contributed by atoms with Gasteiger partial charge in [0.25, 0.3) is 5.91 Å². The van der Waals surface area contributed by atoms with E-state index in [0.29, 0.717) is 12.2 Å². The van der Waals surface area contributed by atoms with E-state index in [1.165, 1.54) is 5.56 Å². The Kier molecular flexibility index (Phi) is 6.37. The van der Waals surface area contributed by atoms with Crippen LogP contribution in [-0.2, 0) is 11.2 Å². The summed E-state index contributed by atoms with van der Waals surface area (Å²) < 4.78 is 5.44. The van der Waals surface area contributed by atoms with E-state index in [4.69, 9.17) is 4.74 Å². The molecule has 0 spiro atoms. The van der Waals surface area contributed by atoms with E-state index in [1.54, 1.807) is 24.3 Å². The summed E-state index contributed by atoms with van der Waals surface area (Å²) in [6.07, 6.45) is 1.62. The van der Waals surface area contributed by atoms with Gasteiger partial charge in [-0.1, -0.05) is 26.0 Å². The number of nitrogens with zero attached hydrogens (tertiary/aromatic N) is 1. The van der Waals surface area contributed by atoms with Crippen LogP contribution in [0.1, 0.15) is 31.4 Å². The summed E-state index contributed by atoms with van der Waals surface area (Å²) in [7, 11) is 0. The maximum Gasteiger partial charge on any atom is 0.277 e. The van der Waals surface area contributed by atoms with Gasteiger partial charge in [0.15, 0.2) is 6.61 Å². The Morgan fingerprint density at radius 1 is 1.08 bits per heavy atom. The highest BCUT2D eigenvalue weighted by Gasteiger charge is 2.05. The van der Waals surface area contributed by atoms with Gasteiger partial charge in [-0.05, 0) is 60.4 Å². The number of benzene rings is 2. The summed E-state index contributed by atoms with van der Waals surface area (Å²) in [6, 6.07) is 14.4. The van der Waals surface area contributed by atoms with Gasteiger partial charge in [-0.15, -0.1) is 0 Å². The van der Waals surface area contributed by atoms with E-state index < -0.39 is 0 Å². The van der Waals surface area contributed by atoms with E-state index in [9.17, 15) is 9.90 Å². The van der Waals surface area contributed by atoms with Crippen LogP contribution < -0.4 is 10.2 Å². The van der Waals surface area contributed by atoms with Gasteiger partial charge in [0.2, 0.25) is 0 Å². The average Bonchev–Trinajstić information content (AvgIpc) is 2.62. The molecule has 0 unspecified atom stereocenters. The average molecular weight is 326 g/mol. The molecular formula is C19H22N2O3. The third kappa shape index (κ3) is 5.12. The van der Waals surface area contributed by atoms with Crippen LogP contribution in [0.5, 0.6) is 11.5 Å². The Morgan fingerprint density at radius 2 is 1.75 bits per heavy atom. The summed E-state index contributed by atoms with van der Waals surface area (Å²) in [5.74, 6) is 0.528. The second kappa shape index (κ2) is 8.72. The lowest BCUT2D eigenvalue weighted by molar-refractivity contribution is -0.123. The lowest BCUT2D eigenvalue weighted by Gasteiger charge is -2.07. The SMILES string of the molecule is CC/C(=N/NC(=O)COc1ccc(CC)cc1)c1ccc(O)cc1. The molecule has 0 aliphatic rings. The van der Waals surface area contributed by atoms with Crippen LogP contribution in [0.25, 0.3) is 0 Å². The molecule has 0 saturated carbocycles. The van der Waals surface area contributed by atoms with Gasteiger partial charge in [-0.2, -0.15) is 5.10 Å². The molecule has 0 bridgehead atoms. The predicted molar refractivity (Wildman–Crippen MR) is 94.4 cm³/mol. The zero-order valence-corrected chi connectivity index (χ0v) is 14.0. The Hall–Kier alpha value is -2.82. The van der Waals surface area contributed by atoms with Crippen molar-refractivity contribution in [1.82, 2.24) is 5.43 Å². The van der Waals surface area contributed by atoms with Crippen LogP contribution in [0, 0.1) is 0 Å². The standard InChI is InChI=1S/C19H22N2O3/c1-3-14-5-11-17(12-6-14)24-13-19(23)21-20-18(4-2)15-7-9-16(22)10-8-15/h5-12,22H,3-4,13H2,1-2H3,(H,21,23)/b20-18-.